The molecule has 0 aliphatic rings. The molecule has 0 aliphatic heterocycles. The van der Waals surface area contributed by atoms with Gasteiger partial charge in [0.2, 0.25) is 0 Å². The summed E-state index contributed by atoms with van der Waals surface area (Å²) >= 11 is 1.81. The smallest absolute Gasteiger partial charge is 0.191 e. The van der Waals surface area contributed by atoms with Gasteiger partial charge >= 0.3 is 0 Å². The van der Waals surface area contributed by atoms with Gasteiger partial charge in [-0.25, -0.2) is 0 Å². The number of benzene rings is 1. The van der Waals surface area contributed by atoms with Gasteiger partial charge in [0, 0.05) is 28.8 Å². The fourth-order valence-corrected chi connectivity index (χ4v) is 3.25. The summed E-state index contributed by atoms with van der Waals surface area (Å²) in [6, 6.07) is 12.5. The number of halogens is 1. The molecule has 25 heavy (non-hydrogen) atoms. The Morgan fingerprint density at radius 3 is 2.32 bits per heavy atom. The maximum atomic E-state index is 5.23. The van der Waals surface area contributed by atoms with Crippen molar-refractivity contribution in [1.29, 1.82) is 0 Å². The van der Waals surface area contributed by atoms with Crippen LogP contribution in [0.4, 0.5) is 0 Å². The van der Waals surface area contributed by atoms with E-state index < -0.39 is 0 Å². The first-order chi connectivity index (χ1) is 11.4. The number of nitrogens with zero attached hydrogens (tertiary/aromatic N) is 1. The van der Waals surface area contributed by atoms with E-state index in [0.717, 1.165) is 24.8 Å². The van der Waals surface area contributed by atoms with E-state index in [1.165, 1.54) is 15.3 Å². The molecule has 1 aromatic heterocycles. The van der Waals surface area contributed by atoms with E-state index in [-0.39, 0.29) is 29.4 Å². The lowest BCUT2D eigenvalue weighted by atomic mass is 9.84. The van der Waals surface area contributed by atoms with Crippen LogP contribution in [0.2, 0.25) is 0 Å². The molecule has 0 saturated heterocycles. The molecule has 0 amide bonds. The van der Waals surface area contributed by atoms with Gasteiger partial charge in [-0.1, -0.05) is 26.0 Å². The Morgan fingerprint density at radius 2 is 1.80 bits per heavy atom. The van der Waals surface area contributed by atoms with Crippen molar-refractivity contribution < 1.29 is 4.74 Å². The lowest BCUT2D eigenvalue weighted by Crippen LogP contribution is -2.43. The number of rotatable bonds is 6. The topological polar surface area (TPSA) is 45.7 Å². The largest absolute Gasteiger partial charge is 0.497 e. The first-order valence-electron chi connectivity index (χ1n) is 8.09. The number of thiophene rings is 1. The number of aryl methyl sites for hydroxylation is 1. The molecule has 2 N–H and O–H groups in total. The summed E-state index contributed by atoms with van der Waals surface area (Å²) in [4.78, 5) is 6.95. The van der Waals surface area contributed by atoms with Gasteiger partial charge in [0.15, 0.2) is 5.96 Å². The number of methoxy groups -OCH3 is 1. The highest BCUT2D eigenvalue weighted by molar-refractivity contribution is 14.0. The van der Waals surface area contributed by atoms with Gasteiger partial charge in [-0.2, -0.15) is 0 Å². The molecule has 4 nitrogen and oxygen atoms in total. The van der Waals surface area contributed by atoms with E-state index >= 15 is 0 Å². The van der Waals surface area contributed by atoms with Crippen LogP contribution in [0.25, 0.3) is 0 Å². The van der Waals surface area contributed by atoms with Gasteiger partial charge in [-0.15, -0.1) is 35.3 Å². The quantitative estimate of drug-likeness (QED) is 0.373. The second-order valence-corrected chi connectivity index (χ2v) is 7.78. The van der Waals surface area contributed by atoms with Crippen molar-refractivity contribution in [2.24, 2.45) is 4.99 Å². The van der Waals surface area contributed by atoms with Crippen molar-refractivity contribution in [2.75, 3.05) is 20.7 Å². The molecule has 0 bridgehead atoms. The molecule has 0 fully saturated rings. The fraction of sp³-hybridized carbons (Fsp3) is 0.421. The zero-order chi connectivity index (χ0) is 17.6. The molecule has 138 valence electrons. The highest BCUT2D eigenvalue weighted by atomic mass is 127. The molecule has 0 saturated carbocycles. The molecule has 6 heteroatoms. The van der Waals surface area contributed by atoms with Crippen LogP contribution < -0.4 is 15.4 Å². The Morgan fingerprint density at radius 1 is 1.12 bits per heavy atom. The van der Waals surface area contributed by atoms with Crippen LogP contribution in [-0.4, -0.2) is 26.7 Å². The zero-order valence-corrected chi connectivity index (χ0v) is 18.7. The minimum atomic E-state index is -0.0105. The van der Waals surface area contributed by atoms with Gasteiger partial charge in [-0.3, -0.25) is 4.99 Å². The summed E-state index contributed by atoms with van der Waals surface area (Å²) < 4.78 is 5.23. The van der Waals surface area contributed by atoms with Gasteiger partial charge in [-0.05, 0) is 36.8 Å². The van der Waals surface area contributed by atoms with Gasteiger partial charge < -0.3 is 15.4 Å². The van der Waals surface area contributed by atoms with E-state index in [9.17, 15) is 0 Å². The first-order valence-corrected chi connectivity index (χ1v) is 8.90. The Hall–Kier alpha value is -1.28. The Labute approximate surface area is 172 Å². The Bertz CT molecular complexity index is 680. The molecular formula is C19H28IN3OS. The monoisotopic (exact) mass is 473 g/mol. The maximum absolute atomic E-state index is 5.23. The molecule has 0 spiro atoms. The molecule has 0 aliphatic carbocycles. The summed E-state index contributed by atoms with van der Waals surface area (Å²) in [7, 11) is 3.49. The van der Waals surface area contributed by atoms with E-state index in [2.05, 4.69) is 60.7 Å². The minimum absolute atomic E-state index is 0. The van der Waals surface area contributed by atoms with Crippen molar-refractivity contribution in [3.63, 3.8) is 0 Å². The third kappa shape index (κ3) is 6.51. The molecular weight excluding hydrogens is 445 g/mol. The van der Waals surface area contributed by atoms with Crippen LogP contribution in [0.3, 0.4) is 0 Å². The van der Waals surface area contributed by atoms with Gasteiger partial charge in [0.05, 0.1) is 13.7 Å². The predicted octanol–water partition coefficient (Wildman–Crippen LogP) is 4.33. The summed E-state index contributed by atoms with van der Waals surface area (Å²) in [5, 5.41) is 6.80. The summed E-state index contributed by atoms with van der Waals surface area (Å²) in [6.07, 6.45) is 0. The third-order valence-electron chi connectivity index (χ3n) is 4.02. The van der Waals surface area contributed by atoms with E-state index in [0.29, 0.717) is 0 Å². The number of hydrogen-bond acceptors (Lipinski definition) is 3. The van der Waals surface area contributed by atoms with Crippen LogP contribution in [0.15, 0.2) is 41.4 Å². The Kier molecular flexibility index (Phi) is 8.71. The average molecular weight is 473 g/mol. The van der Waals surface area contributed by atoms with Crippen LogP contribution in [0, 0.1) is 6.92 Å². The molecule has 2 rings (SSSR count). The predicted molar refractivity (Wildman–Crippen MR) is 119 cm³/mol. The van der Waals surface area contributed by atoms with Crippen molar-refractivity contribution in [1.82, 2.24) is 10.6 Å². The van der Waals surface area contributed by atoms with E-state index in [1.54, 1.807) is 14.2 Å². The zero-order valence-electron chi connectivity index (χ0n) is 15.6. The highest BCUT2D eigenvalue weighted by Crippen LogP contribution is 2.24. The normalized spacial score (nSPS) is 11.6. The van der Waals surface area contributed by atoms with Crippen LogP contribution in [-0.2, 0) is 12.0 Å². The van der Waals surface area contributed by atoms with Crippen LogP contribution in [0.1, 0.15) is 29.2 Å². The van der Waals surface area contributed by atoms with Gasteiger partial charge in [0.25, 0.3) is 0 Å². The molecule has 2 aromatic rings. The fourth-order valence-electron chi connectivity index (χ4n) is 2.42. The molecule has 0 radical (unpaired) electrons. The number of guanidine groups is 1. The third-order valence-corrected chi connectivity index (χ3v) is 5.02. The number of hydrogen-bond donors (Lipinski definition) is 2. The Balaban J connectivity index is 0.00000312. The first kappa shape index (κ1) is 21.8. The molecule has 0 atom stereocenters. The number of ether oxygens (including phenoxy) is 1. The number of nitrogens with one attached hydrogen (secondary N) is 2. The SMILES string of the molecule is CN=C(NCc1ccc(C)s1)NCC(C)(C)c1ccc(OC)cc1.I. The lowest BCUT2D eigenvalue weighted by molar-refractivity contribution is 0.414. The standard InChI is InChI=1S/C19H27N3OS.HI/c1-14-6-11-17(24-14)12-21-18(20-4)22-13-19(2,3)15-7-9-16(23-5)10-8-15;/h6-11H,12-13H2,1-5H3,(H2,20,21,22);1H. The van der Waals surface area contributed by atoms with Crippen molar-refractivity contribution in [2.45, 2.75) is 32.7 Å². The number of aliphatic imine (C=N–C) groups is 1. The van der Waals surface area contributed by atoms with Gasteiger partial charge in [0.1, 0.15) is 5.75 Å². The summed E-state index contributed by atoms with van der Waals surface area (Å²) in [6.45, 7) is 8.15. The maximum Gasteiger partial charge on any atom is 0.191 e. The molecule has 1 aromatic carbocycles. The second-order valence-electron chi connectivity index (χ2n) is 6.40. The van der Waals surface area contributed by atoms with Crippen molar-refractivity contribution in [3.05, 3.63) is 51.7 Å². The van der Waals surface area contributed by atoms with Crippen LogP contribution >= 0.6 is 35.3 Å². The minimum Gasteiger partial charge on any atom is -0.497 e. The second kappa shape index (κ2) is 10.0. The van der Waals surface area contributed by atoms with Crippen molar-refractivity contribution >= 4 is 41.3 Å². The average Bonchev–Trinajstić information content (AvgIpc) is 3.00. The summed E-state index contributed by atoms with van der Waals surface area (Å²) in [5.41, 5.74) is 1.25. The van der Waals surface area contributed by atoms with E-state index in [4.69, 9.17) is 4.74 Å². The van der Waals surface area contributed by atoms with Crippen molar-refractivity contribution in [3.8, 4) is 5.75 Å². The summed E-state index contributed by atoms with van der Waals surface area (Å²) in [5.74, 6) is 1.70. The van der Waals surface area contributed by atoms with E-state index in [1.807, 2.05) is 23.5 Å². The molecule has 0 unspecified atom stereocenters. The van der Waals surface area contributed by atoms with Crippen LogP contribution in [0.5, 0.6) is 5.75 Å². The highest BCUT2D eigenvalue weighted by Gasteiger charge is 2.21. The lowest BCUT2D eigenvalue weighted by Gasteiger charge is -2.27. The molecule has 1 heterocycles.